The van der Waals surface area contributed by atoms with Gasteiger partial charge < -0.3 is 0 Å². The number of rotatable bonds is 3. The van der Waals surface area contributed by atoms with Crippen LogP contribution in [0, 0.1) is 13.8 Å². The topological polar surface area (TPSA) is 50.2 Å². The molecule has 1 N–H and O–H groups in total. The molecule has 0 aliphatic heterocycles. The maximum Gasteiger partial charge on any atom is 0.158 e. The van der Waals surface area contributed by atoms with Gasteiger partial charge in [0, 0.05) is 4.88 Å². The number of hydrazone groups is 1. The Kier molecular flexibility index (Phi) is 3.93. The van der Waals surface area contributed by atoms with Gasteiger partial charge in [0.1, 0.15) is 11.2 Å². The summed E-state index contributed by atoms with van der Waals surface area (Å²) >= 11 is 9.12. The van der Waals surface area contributed by atoms with E-state index in [1.807, 2.05) is 19.1 Å². The number of aryl methyl sites for hydroxylation is 2. The molecule has 0 aliphatic rings. The van der Waals surface area contributed by atoms with E-state index >= 15 is 0 Å². The minimum Gasteiger partial charge on any atom is -0.260 e. The van der Waals surface area contributed by atoms with Crippen molar-refractivity contribution in [3.63, 3.8) is 0 Å². The van der Waals surface area contributed by atoms with Gasteiger partial charge in [-0.3, -0.25) is 5.43 Å². The number of thiophene rings is 2. The van der Waals surface area contributed by atoms with E-state index in [0.717, 1.165) is 31.0 Å². The zero-order chi connectivity index (χ0) is 15.0. The highest BCUT2D eigenvalue weighted by atomic mass is 35.5. The summed E-state index contributed by atoms with van der Waals surface area (Å²) in [6.07, 6.45) is 1.56. The first-order valence-corrected chi connectivity index (χ1v) is 8.34. The van der Waals surface area contributed by atoms with Gasteiger partial charge in [-0.1, -0.05) is 11.6 Å². The zero-order valence-electron chi connectivity index (χ0n) is 11.8. The van der Waals surface area contributed by atoms with Crippen molar-refractivity contribution in [2.75, 3.05) is 5.43 Å². The van der Waals surface area contributed by atoms with Crippen LogP contribution in [-0.2, 0) is 0 Å². The van der Waals surface area contributed by atoms with Gasteiger partial charge in [-0.25, -0.2) is 9.97 Å². The molecule has 0 radical (unpaired) electrons. The van der Waals surface area contributed by atoms with E-state index in [1.54, 1.807) is 17.7 Å². The first kappa shape index (κ1) is 14.4. The highest BCUT2D eigenvalue weighted by Crippen LogP contribution is 2.32. The third-order valence-corrected chi connectivity index (χ3v) is 5.68. The SMILES string of the molecule is CC(=NNc1ncnc2sc(C)c(C)c12)c1ccc(Cl)s1. The fourth-order valence-electron chi connectivity index (χ4n) is 1.97. The molecule has 0 saturated carbocycles. The molecule has 3 aromatic rings. The smallest absolute Gasteiger partial charge is 0.158 e. The van der Waals surface area contributed by atoms with E-state index in [9.17, 15) is 0 Å². The van der Waals surface area contributed by atoms with E-state index in [-0.39, 0.29) is 0 Å². The summed E-state index contributed by atoms with van der Waals surface area (Å²) in [4.78, 5) is 11.9. The predicted octanol–water partition coefficient (Wildman–Crippen LogP) is 4.86. The highest BCUT2D eigenvalue weighted by molar-refractivity contribution is 7.19. The Labute approximate surface area is 135 Å². The van der Waals surface area contributed by atoms with Crippen LogP contribution in [0.1, 0.15) is 22.2 Å². The van der Waals surface area contributed by atoms with Crippen molar-refractivity contribution < 1.29 is 0 Å². The van der Waals surface area contributed by atoms with Gasteiger partial charge >= 0.3 is 0 Å². The standard InChI is InChI=1S/C14H13ClN4S2/c1-7-9(3)20-14-12(7)13(16-6-17-14)19-18-8(2)10-4-5-11(15)21-10/h4-6H,1-3H3,(H,16,17,19). The van der Waals surface area contributed by atoms with Gasteiger partial charge in [0.25, 0.3) is 0 Å². The minimum atomic E-state index is 0.740. The third kappa shape index (κ3) is 2.79. The Balaban J connectivity index is 1.95. The van der Waals surface area contributed by atoms with Crippen molar-refractivity contribution in [1.29, 1.82) is 0 Å². The molecule has 0 fully saturated rings. The molecular formula is C14H13ClN4S2. The van der Waals surface area contributed by atoms with Gasteiger partial charge in [0.15, 0.2) is 5.82 Å². The molecular weight excluding hydrogens is 324 g/mol. The third-order valence-electron chi connectivity index (χ3n) is 3.22. The molecule has 0 saturated heterocycles. The van der Waals surface area contributed by atoms with Crippen molar-refractivity contribution in [1.82, 2.24) is 9.97 Å². The molecule has 0 bridgehead atoms. The van der Waals surface area contributed by atoms with Crippen LogP contribution in [-0.4, -0.2) is 15.7 Å². The fraction of sp³-hybridized carbons (Fsp3) is 0.214. The Morgan fingerprint density at radius 3 is 2.76 bits per heavy atom. The number of nitrogens with one attached hydrogen (secondary N) is 1. The lowest BCUT2D eigenvalue weighted by Crippen LogP contribution is -2.00. The second kappa shape index (κ2) is 5.71. The summed E-state index contributed by atoms with van der Waals surface area (Å²) < 4.78 is 0.758. The fourth-order valence-corrected chi connectivity index (χ4v) is 3.95. The number of hydrogen-bond donors (Lipinski definition) is 1. The average Bonchev–Trinajstić information content (AvgIpc) is 3.01. The number of anilines is 1. The normalized spacial score (nSPS) is 12.1. The van der Waals surface area contributed by atoms with Gasteiger partial charge in [-0.05, 0) is 38.5 Å². The predicted molar refractivity (Wildman–Crippen MR) is 92.1 cm³/mol. The minimum absolute atomic E-state index is 0.740. The Hall–Kier alpha value is -1.50. The van der Waals surface area contributed by atoms with E-state index in [0.29, 0.717) is 0 Å². The Morgan fingerprint density at radius 1 is 1.24 bits per heavy atom. The monoisotopic (exact) mass is 336 g/mol. The molecule has 21 heavy (non-hydrogen) atoms. The van der Waals surface area contributed by atoms with Gasteiger partial charge in [0.2, 0.25) is 0 Å². The van der Waals surface area contributed by atoms with Gasteiger partial charge in [-0.15, -0.1) is 22.7 Å². The maximum atomic E-state index is 5.95. The van der Waals surface area contributed by atoms with Crippen LogP contribution in [0.3, 0.4) is 0 Å². The van der Waals surface area contributed by atoms with Crippen molar-refractivity contribution in [2.45, 2.75) is 20.8 Å². The van der Waals surface area contributed by atoms with Gasteiger partial charge in [-0.2, -0.15) is 5.10 Å². The molecule has 0 unspecified atom stereocenters. The molecule has 3 rings (SSSR count). The number of hydrogen-bond acceptors (Lipinski definition) is 6. The second-order valence-electron chi connectivity index (χ2n) is 4.60. The van der Waals surface area contributed by atoms with Crippen LogP contribution in [0.4, 0.5) is 5.82 Å². The molecule has 7 heteroatoms. The summed E-state index contributed by atoms with van der Waals surface area (Å²) in [5.41, 5.74) is 5.13. The number of halogens is 1. The molecule has 0 aliphatic carbocycles. The maximum absolute atomic E-state index is 5.95. The Morgan fingerprint density at radius 2 is 2.05 bits per heavy atom. The summed E-state index contributed by atoms with van der Waals surface area (Å²) in [6.45, 7) is 6.12. The highest BCUT2D eigenvalue weighted by Gasteiger charge is 2.11. The number of nitrogens with zero attached hydrogens (tertiary/aromatic N) is 3. The van der Waals surface area contributed by atoms with Crippen LogP contribution >= 0.6 is 34.3 Å². The first-order chi connectivity index (χ1) is 10.1. The average molecular weight is 337 g/mol. The van der Waals surface area contributed by atoms with E-state index in [1.165, 1.54) is 21.8 Å². The molecule has 0 amide bonds. The van der Waals surface area contributed by atoms with Crippen molar-refractivity contribution >= 4 is 56.0 Å². The molecule has 0 aromatic carbocycles. The second-order valence-corrected chi connectivity index (χ2v) is 7.52. The van der Waals surface area contributed by atoms with Crippen molar-refractivity contribution in [3.8, 4) is 0 Å². The van der Waals surface area contributed by atoms with Crippen molar-refractivity contribution in [2.24, 2.45) is 5.10 Å². The molecule has 3 heterocycles. The van der Waals surface area contributed by atoms with Crippen LogP contribution in [0.2, 0.25) is 4.34 Å². The zero-order valence-corrected chi connectivity index (χ0v) is 14.2. The quantitative estimate of drug-likeness (QED) is 0.549. The van der Waals surface area contributed by atoms with Crippen LogP contribution < -0.4 is 5.43 Å². The lowest BCUT2D eigenvalue weighted by molar-refractivity contribution is 1.18. The molecule has 108 valence electrons. The summed E-state index contributed by atoms with van der Waals surface area (Å²) in [5.74, 6) is 0.740. The van der Waals surface area contributed by atoms with Crippen LogP contribution in [0.25, 0.3) is 10.2 Å². The largest absolute Gasteiger partial charge is 0.260 e. The molecule has 4 nitrogen and oxygen atoms in total. The van der Waals surface area contributed by atoms with E-state index < -0.39 is 0 Å². The first-order valence-electron chi connectivity index (χ1n) is 6.33. The lowest BCUT2D eigenvalue weighted by Gasteiger charge is -2.03. The van der Waals surface area contributed by atoms with E-state index in [4.69, 9.17) is 11.6 Å². The lowest BCUT2D eigenvalue weighted by atomic mass is 10.2. The van der Waals surface area contributed by atoms with Crippen LogP contribution in [0.5, 0.6) is 0 Å². The van der Waals surface area contributed by atoms with Gasteiger partial charge in [0.05, 0.1) is 20.3 Å². The van der Waals surface area contributed by atoms with Crippen molar-refractivity contribution in [3.05, 3.63) is 38.1 Å². The summed E-state index contributed by atoms with van der Waals surface area (Å²) in [7, 11) is 0. The molecule has 0 spiro atoms. The van der Waals surface area contributed by atoms with E-state index in [2.05, 4.69) is 34.3 Å². The number of aromatic nitrogens is 2. The summed E-state index contributed by atoms with van der Waals surface area (Å²) in [5, 5.41) is 5.45. The Bertz CT molecular complexity index is 835. The summed E-state index contributed by atoms with van der Waals surface area (Å²) in [6, 6.07) is 3.83. The molecule has 0 atom stereocenters. The molecule has 3 aromatic heterocycles. The number of fused-ring (bicyclic) bond motifs is 1. The van der Waals surface area contributed by atoms with Crippen LogP contribution in [0.15, 0.2) is 23.6 Å².